The summed E-state index contributed by atoms with van der Waals surface area (Å²) in [6, 6.07) is 1.82. The Balaban J connectivity index is 1.86. The molecule has 0 fully saturated rings. The molecule has 1 unspecified atom stereocenters. The number of hydrogen-bond donors (Lipinski definition) is 2. The van der Waals surface area contributed by atoms with Crippen molar-refractivity contribution < 1.29 is 9.90 Å². The maximum atomic E-state index is 10.8. The molecule has 3 aromatic rings. The van der Waals surface area contributed by atoms with E-state index in [-0.39, 0.29) is 11.7 Å². The number of hydrogen-bond acceptors (Lipinski definition) is 7. The summed E-state index contributed by atoms with van der Waals surface area (Å²) < 4.78 is 0.981. The van der Waals surface area contributed by atoms with Crippen molar-refractivity contribution in [2.75, 3.05) is 5.32 Å². The van der Waals surface area contributed by atoms with E-state index in [1.54, 1.807) is 11.3 Å². The van der Waals surface area contributed by atoms with Gasteiger partial charge in [-0.3, -0.25) is 0 Å². The highest BCUT2D eigenvalue weighted by molar-refractivity contribution is 7.17. The number of anilines is 1. The number of nitrogens with zero attached hydrogens (tertiary/aromatic N) is 3. The first-order valence-corrected chi connectivity index (χ1v) is 7.54. The Bertz CT molecular complexity index is 768. The highest BCUT2D eigenvalue weighted by Gasteiger charge is 2.15. The summed E-state index contributed by atoms with van der Waals surface area (Å²) in [6.07, 6.45) is 1.51. The lowest BCUT2D eigenvalue weighted by Gasteiger charge is -2.11. The third-order valence-electron chi connectivity index (χ3n) is 2.71. The number of nitrogens with one attached hydrogen (secondary N) is 1. The number of carboxylic acids is 1. The average molecular weight is 306 g/mol. The first-order valence-electron chi connectivity index (χ1n) is 5.78. The van der Waals surface area contributed by atoms with E-state index in [1.165, 1.54) is 23.0 Å². The summed E-state index contributed by atoms with van der Waals surface area (Å²) in [5, 5.41) is 16.4. The first-order chi connectivity index (χ1) is 9.65. The molecule has 0 saturated heterocycles. The van der Waals surface area contributed by atoms with Crippen molar-refractivity contribution in [3.05, 3.63) is 33.9 Å². The fourth-order valence-corrected chi connectivity index (χ4v) is 3.34. The van der Waals surface area contributed by atoms with Gasteiger partial charge in [-0.15, -0.1) is 22.7 Å². The van der Waals surface area contributed by atoms with E-state index in [4.69, 9.17) is 5.11 Å². The zero-order valence-corrected chi connectivity index (χ0v) is 12.0. The van der Waals surface area contributed by atoms with Gasteiger partial charge in [-0.2, -0.15) is 0 Å². The van der Waals surface area contributed by atoms with Crippen LogP contribution in [0.25, 0.3) is 10.2 Å². The average Bonchev–Trinajstić information content (AvgIpc) is 3.08. The Morgan fingerprint density at radius 1 is 1.40 bits per heavy atom. The standard InChI is InChI=1S/C12H10N4O2S2/c1-6(11-16-8(4-20-11)12(17)18)15-10-9-7(2-3-19-9)13-5-14-10/h2-6H,1H3,(H,17,18)(H,13,14,15). The Hall–Kier alpha value is -2.06. The molecule has 6 nitrogen and oxygen atoms in total. The number of carbonyl (C=O) groups is 1. The van der Waals surface area contributed by atoms with Gasteiger partial charge in [0.2, 0.25) is 0 Å². The Morgan fingerprint density at radius 3 is 3.00 bits per heavy atom. The molecule has 0 saturated carbocycles. The maximum Gasteiger partial charge on any atom is 0.355 e. The maximum absolute atomic E-state index is 10.8. The molecule has 8 heteroatoms. The lowest BCUT2D eigenvalue weighted by atomic mass is 10.3. The van der Waals surface area contributed by atoms with Crippen LogP contribution in [0, 0.1) is 0 Å². The van der Waals surface area contributed by atoms with Gasteiger partial charge in [-0.25, -0.2) is 19.7 Å². The number of thiazole rings is 1. The zero-order chi connectivity index (χ0) is 14.1. The van der Waals surface area contributed by atoms with Crippen LogP contribution in [0.5, 0.6) is 0 Å². The van der Waals surface area contributed by atoms with Crippen LogP contribution in [-0.4, -0.2) is 26.0 Å². The lowest BCUT2D eigenvalue weighted by Crippen LogP contribution is -2.08. The van der Waals surface area contributed by atoms with Crippen LogP contribution in [0.1, 0.15) is 28.5 Å². The van der Waals surface area contributed by atoms with Crippen molar-refractivity contribution in [2.45, 2.75) is 13.0 Å². The van der Waals surface area contributed by atoms with E-state index >= 15 is 0 Å². The van der Waals surface area contributed by atoms with Gasteiger partial charge in [0.25, 0.3) is 0 Å². The fraction of sp³-hybridized carbons (Fsp3) is 0.167. The van der Waals surface area contributed by atoms with E-state index in [2.05, 4.69) is 20.3 Å². The number of aromatic nitrogens is 3. The second-order valence-electron chi connectivity index (χ2n) is 4.10. The minimum Gasteiger partial charge on any atom is -0.476 e. The van der Waals surface area contributed by atoms with Gasteiger partial charge in [0.05, 0.1) is 16.3 Å². The van der Waals surface area contributed by atoms with Crippen molar-refractivity contribution in [1.29, 1.82) is 0 Å². The molecule has 20 heavy (non-hydrogen) atoms. The van der Waals surface area contributed by atoms with Gasteiger partial charge in [-0.1, -0.05) is 0 Å². The Labute approximate surface area is 122 Å². The molecule has 0 aliphatic rings. The van der Waals surface area contributed by atoms with Gasteiger partial charge in [0.1, 0.15) is 17.2 Å². The molecule has 3 aromatic heterocycles. The minimum atomic E-state index is -1.01. The smallest absolute Gasteiger partial charge is 0.355 e. The molecule has 0 aliphatic carbocycles. The van der Waals surface area contributed by atoms with Gasteiger partial charge in [0.15, 0.2) is 5.69 Å². The largest absolute Gasteiger partial charge is 0.476 e. The summed E-state index contributed by atoms with van der Waals surface area (Å²) >= 11 is 2.88. The summed E-state index contributed by atoms with van der Waals surface area (Å²) in [7, 11) is 0. The van der Waals surface area contributed by atoms with Crippen molar-refractivity contribution in [3.8, 4) is 0 Å². The molecule has 0 amide bonds. The highest BCUT2D eigenvalue weighted by Crippen LogP contribution is 2.28. The molecule has 0 radical (unpaired) electrons. The van der Waals surface area contributed by atoms with Crippen LogP contribution >= 0.6 is 22.7 Å². The number of thiophene rings is 1. The van der Waals surface area contributed by atoms with E-state index in [1.807, 2.05) is 18.4 Å². The molecule has 0 aromatic carbocycles. The predicted octanol–water partition coefficient (Wildman–Crippen LogP) is 3.02. The molecule has 0 spiro atoms. The SMILES string of the molecule is CC(Nc1ncnc2ccsc12)c1nc(C(=O)O)cs1. The summed E-state index contributed by atoms with van der Waals surface area (Å²) in [5.41, 5.74) is 0.965. The summed E-state index contributed by atoms with van der Waals surface area (Å²) in [5.74, 6) is -0.271. The third-order valence-corrected chi connectivity index (χ3v) is 4.65. The number of rotatable bonds is 4. The van der Waals surface area contributed by atoms with Crippen molar-refractivity contribution in [2.24, 2.45) is 0 Å². The van der Waals surface area contributed by atoms with Crippen LogP contribution in [-0.2, 0) is 0 Å². The summed E-state index contributed by atoms with van der Waals surface area (Å²) in [4.78, 5) is 23.3. The van der Waals surface area contributed by atoms with Crippen LogP contribution in [0.4, 0.5) is 5.82 Å². The number of aromatic carboxylic acids is 1. The quantitative estimate of drug-likeness (QED) is 0.770. The van der Waals surface area contributed by atoms with Gasteiger partial charge in [-0.05, 0) is 18.4 Å². The topological polar surface area (TPSA) is 88.0 Å². The van der Waals surface area contributed by atoms with E-state index in [0.29, 0.717) is 5.01 Å². The van der Waals surface area contributed by atoms with E-state index in [0.717, 1.165) is 16.0 Å². The molecular weight excluding hydrogens is 296 g/mol. The second-order valence-corrected chi connectivity index (χ2v) is 5.91. The Kier molecular flexibility index (Phi) is 3.33. The predicted molar refractivity (Wildman–Crippen MR) is 78.5 cm³/mol. The molecule has 3 heterocycles. The molecule has 1 atom stereocenters. The molecule has 0 bridgehead atoms. The molecule has 2 N–H and O–H groups in total. The summed E-state index contributed by atoms with van der Waals surface area (Å²) in [6.45, 7) is 1.92. The number of carboxylic acid groups (broad SMARTS) is 1. The normalized spacial score (nSPS) is 12.4. The third kappa shape index (κ3) is 2.35. The Morgan fingerprint density at radius 2 is 2.25 bits per heavy atom. The minimum absolute atomic E-state index is 0.0719. The second kappa shape index (κ2) is 5.14. The first kappa shape index (κ1) is 12.9. The van der Waals surface area contributed by atoms with E-state index < -0.39 is 5.97 Å². The van der Waals surface area contributed by atoms with Crippen molar-refractivity contribution in [1.82, 2.24) is 15.0 Å². The fourth-order valence-electron chi connectivity index (χ4n) is 1.74. The van der Waals surface area contributed by atoms with Gasteiger partial charge >= 0.3 is 5.97 Å². The van der Waals surface area contributed by atoms with Gasteiger partial charge < -0.3 is 10.4 Å². The van der Waals surface area contributed by atoms with Crippen molar-refractivity contribution in [3.63, 3.8) is 0 Å². The van der Waals surface area contributed by atoms with Crippen LogP contribution in [0.2, 0.25) is 0 Å². The van der Waals surface area contributed by atoms with Crippen LogP contribution in [0.3, 0.4) is 0 Å². The van der Waals surface area contributed by atoms with Crippen LogP contribution in [0.15, 0.2) is 23.2 Å². The van der Waals surface area contributed by atoms with Gasteiger partial charge in [0, 0.05) is 5.38 Å². The molecule has 3 rings (SSSR count). The van der Waals surface area contributed by atoms with Crippen LogP contribution < -0.4 is 5.32 Å². The molecular formula is C12H10N4O2S2. The number of fused-ring (bicyclic) bond motifs is 1. The highest BCUT2D eigenvalue weighted by atomic mass is 32.1. The zero-order valence-electron chi connectivity index (χ0n) is 10.4. The molecule has 0 aliphatic heterocycles. The van der Waals surface area contributed by atoms with E-state index in [9.17, 15) is 4.79 Å². The lowest BCUT2D eigenvalue weighted by molar-refractivity contribution is 0.0691. The monoisotopic (exact) mass is 306 g/mol. The molecule has 102 valence electrons. The van der Waals surface area contributed by atoms with Crippen molar-refractivity contribution >= 4 is 44.7 Å².